The second kappa shape index (κ2) is 4.12. The summed E-state index contributed by atoms with van der Waals surface area (Å²) >= 11 is 0. The van der Waals surface area contributed by atoms with E-state index < -0.39 is 10.0 Å². The van der Waals surface area contributed by atoms with Crippen LogP contribution >= 0.6 is 0 Å². The molecule has 1 aliphatic carbocycles. The summed E-state index contributed by atoms with van der Waals surface area (Å²) in [6.07, 6.45) is 2.15. The molecule has 5 nitrogen and oxygen atoms in total. The second-order valence-electron chi connectivity index (χ2n) is 4.97. The summed E-state index contributed by atoms with van der Waals surface area (Å²) in [5, 5.41) is 0. The first kappa shape index (κ1) is 12.6. The van der Waals surface area contributed by atoms with E-state index in [0.717, 1.165) is 12.8 Å². The lowest BCUT2D eigenvalue weighted by atomic mass is 10.2. The van der Waals surface area contributed by atoms with Crippen molar-refractivity contribution in [1.29, 1.82) is 0 Å². The van der Waals surface area contributed by atoms with Gasteiger partial charge in [0.15, 0.2) is 0 Å². The minimum absolute atomic E-state index is 0.140. The van der Waals surface area contributed by atoms with Crippen molar-refractivity contribution in [3.8, 4) is 0 Å². The van der Waals surface area contributed by atoms with Gasteiger partial charge < -0.3 is 10.2 Å². The number of nitrogens with two attached hydrogens (primary N) is 1. The summed E-state index contributed by atoms with van der Waals surface area (Å²) in [5.74, 6) is 0.874. The molecule has 6 heteroatoms. The quantitative estimate of drug-likeness (QED) is 0.829. The van der Waals surface area contributed by atoms with Gasteiger partial charge in [-0.2, -0.15) is 0 Å². The summed E-state index contributed by atoms with van der Waals surface area (Å²) in [6.45, 7) is 4.39. The van der Waals surface area contributed by atoms with Gasteiger partial charge in [-0.15, -0.1) is 0 Å². The molecule has 1 aromatic rings. The topological polar surface area (TPSA) is 85.3 Å². The van der Waals surface area contributed by atoms with Crippen molar-refractivity contribution in [3.05, 3.63) is 17.6 Å². The minimum atomic E-state index is -3.47. The molecule has 3 N–H and O–H groups in total. The fraction of sp³-hybridized carbons (Fsp3) is 0.636. The number of aryl methyl sites for hydroxylation is 1. The number of sulfonamides is 1. The fourth-order valence-corrected chi connectivity index (χ4v) is 3.03. The Morgan fingerprint density at radius 1 is 1.53 bits per heavy atom. The molecule has 1 aromatic heterocycles. The van der Waals surface area contributed by atoms with Gasteiger partial charge in [-0.25, -0.2) is 13.1 Å². The maximum atomic E-state index is 12.0. The van der Waals surface area contributed by atoms with Crippen LogP contribution in [0.4, 0.5) is 0 Å². The van der Waals surface area contributed by atoms with E-state index in [1.807, 2.05) is 0 Å². The Morgan fingerprint density at radius 2 is 2.18 bits per heavy atom. The number of hydrogen-bond donors (Lipinski definition) is 2. The summed E-state index contributed by atoms with van der Waals surface area (Å²) in [5.41, 5.74) is 5.56. The minimum Gasteiger partial charge on any atom is -0.464 e. The van der Waals surface area contributed by atoms with Gasteiger partial charge in [-0.1, -0.05) is 6.92 Å². The SMILES string of the molecule is Cc1oc(CN)cc1S(=O)(=O)NCC1(C)CC1. The highest BCUT2D eigenvalue weighted by Gasteiger charge is 2.38. The van der Waals surface area contributed by atoms with Crippen LogP contribution < -0.4 is 10.5 Å². The van der Waals surface area contributed by atoms with Crippen molar-refractivity contribution in [2.24, 2.45) is 11.1 Å². The van der Waals surface area contributed by atoms with E-state index in [4.69, 9.17) is 10.2 Å². The number of hydrogen-bond acceptors (Lipinski definition) is 4. The molecule has 0 bridgehead atoms. The monoisotopic (exact) mass is 258 g/mol. The van der Waals surface area contributed by atoms with Crippen LogP contribution in [0, 0.1) is 12.3 Å². The Balaban J connectivity index is 2.15. The van der Waals surface area contributed by atoms with Gasteiger partial charge in [-0.3, -0.25) is 0 Å². The molecule has 1 heterocycles. The van der Waals surface area contributed by atoms with Gasteiger partial charge in [0.05, 0.1) is 6.54 Å². The third kappa shape index (κ3) is 2.70. The molecule has 0 atom stereocenters. The van der Waals surface area contributed by atoms with Crippen LogP contribution in [0.2, 0.25) is 0 Å². The third-order valence-electron chi connectivity index (χ3n) is 3.21. The molecule has 1 aliphatic rings. The smallest absolute Gasteiger partial charge is 0.244 e. The molecule has 17 heavy (non-hydrogen) atoms. The first-order valence-electron chi connectivity index (χ1n) is 5.65. The van der Waals surface area contributed by atoms with Gasteiger partial charge in [0, 0.05) is 12.6 Å². The number of rotatable bonds is 5. The highest BCUT2D eigenvalue weighted by molar-refractivity contribution is 7.89. The predicted octanol–water partition coefficient (Wildman–Crippen LogP) is 1.13. The van der Waals surface area contributed by atoms with Crippen molar-refractivity contribution in [3.63, 3.8) is 0 Å². The summed E-state index contributed by atoms with van der Waals surface area (Å²) in [7, 11) is -3.47. The molecule has 0 saturated heterocycles. The zero-order valence-electron chi connectivity index (χ0n) is 10.1. The van der Waals surface area contributed by atoms with E-state index in [0.29, 0.717) is 18.1 Å². The van der Waals surface area contributed by atoms with Crippen molar-refractivity contribution < 1.29 is 12.8 Å². The van der Waals surface area contributed by atoms with Gasteiger partial charge in [0.2, 0.25) is 10.0 Å². The molecule has 0 radical (unpaired) electrons. The van der Waals surface area contributed by atoms with Crippen molar-refractivity contribution in [1.82, 2.24) is 4.72 Å². The summed E-state index contributed by atoms with van der Waals surface area (Å²) in [6, 6.07) is 1.49. The Labute approximate surface area is 101 Å². The zero-order valence-corrected chi connectivity index (χ0v) is 10.9. The largest absolute Gasteiger partial charge is 0.464 e. The summed E-state index contributed by atoms with van der Waals surface area (Å²) < 4.78 is 32.0. The highest BCUT2D eigenvalue weighted by Crippen LogP contribution is 2.44. The van der Waals surface area contributed by atoms with Crippen molar-refractivity contribution in [2.75, 3.05) is 6.54 Å². The Hall–Kier alpha value is -0.850. The molecular weight excluding hydrogens is 240 g/mol. The van der Waals surface area contributed by atoms with Crippen LogP contribution in [0.1, 0.15) is 31.3 Å². The average Bonchev–Trinajstić information content (AvgIpc) is 2.87. The van der Waals surface area contributed by atoms with Crippen LogP contribution in [0.15, 0.2) is 15.4 Å². The Morgan fingerprint density at radius 3 is 2.65 bits per heavy atom. The third-order valence-corrected chi connectivity index (χ3v) is 4.72. The predicted molar refractivity (Wildman–Crippen MR) is 63.9 cm³/mol. The molecule has 0 aromatic carbocycles. The first-order chi connectivity index (χ1) is 7.86. The zero-order chi connectivity index (χ0) is 12.7. The van der Waals surface area contributed by atoms with Gasteiger partial charge in [0.25, 0.3) is 0 Å². The van der Waals surface area contributed by atoms with E-state index in [-0.39, 0.29) is 16.9 Å². The fourth-order valence-electron chi connectivity index (χ4n) is 1.63. The molecular formula is C11H18N2O3S. The lowest BCUT2D eigenvalue weighted by molar-refractivity contribution is 0.477. The van der Waals surface area contributed by atoms with E-state index in [1.165, 1.54) is 6.07 Å². The van der Waals surface area contributed by atoms with E-state index in [9.17, 15) is 8.42 Å². The standard InChI is InChI=1S/C11H18N2O3S/c1-8-10(5-9(6-12)16-8)17(14,15)13-7-11(2)3-4-11/h5,13H,3-4,6-7,12H2,1-2H3. The average molecular weight is 258 g/mol. The van der Waals surface area contributed by atoms with Crippen LogP contribution in [0.3, 0.4) is 0 Å². The van der Waals surface area contributed by atoms with Gasteiger partial charge >= 0.3 is 0 Å². The van der Waals surface area contributed by atoms with Crippen LogP contribution in [-0.4, -0.2) is 15.0 Å². The number of furan rings is 1. The molecule has 96 valence electrons. The van der Waals surface area contributed by atoms with Crippen LogP contribution in [0.25, 0.3) is 0 Å². The highest BCUT2D eigenvalue weighted by atomic mass is 32.2. The van der Waals surface area contributed by atoms with Crippen LogP contribution in [0.5, 0.6) is 0 Å². The van der Waals surface area contributed by atoms with E-state index in [1.54, 1.807) is 6.92 Å². The molecule has 0 unspecified atom stereocenters. The van der Waals surface area contributed by atoms with Crippen molar-refractivity contribution >= 4 is 10.0 Å². The normalized spacial score (nSPS) is 18.3. The van der Waals surface area contributed by atoms with Gasteiger partial charge in [-0.05, 0) is 25.2 Å². The molecule has 0 amide bonds. The molecule has 0 aliphatic heterocycles. The lowest BCUT2D eigenvalue weighted by Gasteiger charge is -2.09. The molecule has 1 fully saturated rings. The summed E-state index contributed by atoms with van der Waals surface area (Å²) in [4.78, 5) is 0.196. The van der Waals surface area contributed by atoms with Crippen LogP contribution in [-0.2, 0) is 16.6 Å². The maximum absolute atomic E-state index is 12.0. The van der Waals surface area contributed by atoms with Gasteiger partial charge in [0.1, 0.15) is 16.4 Å². The van der Waals surface area contributed by atoms with Crippen molar-refractivity contribution in [2.45, 2.75) is 38.1 Å². The Kier molecular flexibility index (Phi) is 3.05. The maximum Gasteiger partial charge on any atom is 0.244 e. The second-order valence-corrected chi connectivity index (χ2v) is 6.71. The first-order valence-corrected chi connectivity index (χ1v) is 7.14. The Bertz CT molecular complexity index is 515. The lowest BCUT2D eigenvalue weighted by Crippen LogP contribution is -2.29. The molecule has 2 rings (SSSR count). The van der Waals surface area contributed by atoms with E-state index in [2.05, 4.69) is 11.6 Å². The molecule has 1 saturated carbocycles. The molecule has 0 spiro atoms. The number of nitrogens with one attached hydrogen (secondary N) is 1. The van der Waals surface area contributed by atoms with E-state index >= 15 is 0 Å².